The minimum Gasteiger partial charge on any atom is -0.376 e. The molecule has 1 unspecified atom stereocenters. The Hall–Kier alpha value is -2.21. The van der Waals surface area contributed by atoms with Gasteiger partial charge in [-0.25, -0.2) is 0 Å². The van der Waals surface area contributed by atoms with Gasteiger partial charge in [0.05, 0.1) is 11.8 Å². The molecule has 0 aromatic carbocycles. The van der Waals surface area contributed by atoms with E-state index in [4.69, 9.17) is 4.74 Å². The first-order valence-electron chi connectivity index (χ1n) is 6.69. The van der Waals surface area contributed by atoms with Crippen molar-refractivity contribution in [1.29, 1.82) is 0 Å². The van der Waals surface area contributed by atoms with E-state index >= 15 is 0 Å². The highest BCUT2D eigenvalue weighted by atomic mass is 16.5. The van der Waals surface area contributed by atoms with Crippen molar-refractivity contribution in [2.75, 3.05) is 13.2 Å². The number of ether oxygens (including phenoxy) is 1. The molecule has 0 bridgehead atoms. The van der Waals surface area contributed by atoms with Crippen LogP contribution in [0.1, 0.15) is 23.3 Å². The molecular weight excluding hydrogens is 256 g/mol. The number of rotatable bonds is 4. The van der Waals surface area contributed by atoms with E-state index in [-0.39, 0.29) is 12.0 Å². The SMILES string of the molecule is O=C(NCC1CCCO1)c1cc(-c2ccccn2)n[nH]1. The number of nitrogens with one attached hydrogen (secondary N) is 2. The van der Waals surface area contributed by atoms with E-state index < -0.39 is 0 Å². The highest BCUT2D eigenvalue weighted by Crippen LogP contribution is 2.14. The van der Waals surface area contributed by atoms with Gasteiger partial charge in [-0.15, -0.1) is 0 Å². The minimum atomic E-state index is -0.171. The number of carbonyl (C=O) groups is 1. The third kappa shape index (κ3) is 2.85. The highest BCUT2D eigenvalue weighted by molar-refractivity contribution is 5.93. The third-order valence-corrected chi connectivity index (χ3v) is 3.26. The number of aromatic amines is 1. The molecule has 3 heterocycles. The summed E-state index contributed by atoms with van der Waals surface area (Å²) in [5.74, 6) is -0.171. The largest absolute Gasteiger partial charge is 0.376 e. The van der Waals surface area contributed by atoms with Crippen LogP contribution in [-0.2, 0) is 4.74 Å². The van der Waals surface area contributed by atoms with E-state index in [1.54, 1.807) is 12.3 Å². The Balaban J connectivity index is 1.62. The molecule has 1 aliphatic rings. The standard InChI is InChI=1S/C14H16N4O2/c19-14(16-9-10-4-3-7-20-10)13-8-12(17-18-13)11-5-1-2-6-15-11/h1-2,5-6,8,10H,3-4,7,9H2,(H,16,19)(H,17,18). The Morgan fingerprint density at radius 1 is 1.45 bits per heavy atom. The molecule has 6 nitrogen and oxygen atoms in total. The third-order valence-electron chi connectivity index (χ3n) is 3.26. The van der Waals surface area contributed by atoms with Gasteiger partial charge < -0.3 is 10.1 Å². The number of amides is 1. The molecule has 1 aliphatic heterocycles. The lowest BCUT2D eigenvalue weighted by Crippen LogP contribution is -2.31. The van der Waals surface area contributed by atoms with Gasteiger partial charge >= 0.3 is 0 Å². The Morgan fingerprint density at radius 3 is 3.15 bits per heavy atom. The summed E-state index contributed by atoms with van der Waals surface area (Å²) in [6.07, 6.45) is 3.90. The molecule has 0 spiro atoms. The van der Waals surface area contributed by atoms with Crippen LogP contribution >= 0.6 is 0 Å². The highest BCUT2D eigenvalue weighted by Gasteiger charge is 2.17. The van der Waals surface area contributed by atoms with Crippen LogP contribution in [0, 0.1) is 0 Å². The van der Waals surface area contributed by atoms with Gasteiger partial charge in [0, 0.05) is 19.3 Å². The Labute approximate surface area is 116 Å². The predicted octanol–water partition coefficient (Wildman–Crippen LogP) is 1.38. The first kappa shape index (κ1) is 12.8. The number of H-pyrrole nitrogens is 1. The minimum absolute atomic E-state index is 0.136. The summed E-state index contributed by atoms with van der Waals surface area (Å²) < 4.78 is 5.46. The normalized spacial score (nSPS) is 18.1. The maximum absolute atomic E-state index is 12.0. The van der Waals surface area contributed by atoms with E-state index in [9.17, 15) is 4.79 Å². The van der Waals surface area contributed by atoms with Crippen LogP contribution in [0.4, 0.5) is 0 Å². The predicted molar refractivity (Wildman–Crippen MR) is 73.1 cm³/mol. The van der Waals surface area contributed by atoms with Gasteiger partial charge in [0.2, 0.25) is 0 Å². The lowest BCUT2D eigenvalue weighted by atomic mass is 10.2. The molecule has 2 aromatic heterocycles. The zero-order valence-corrected chi connectivity index (χ0v) is 11.0. The Bertz CT molecular complexity index is 576. The van der Waals surface area contributed by atoms with Crippen LogP contribution < -0.4 is 5.32 Å². The van der Waals surface area contributed by atoms with Crippen molar-refractivity contribution < 1.29 is 9.53 Å². The van der Waals surface area contributed by atoms with Crippen LogP contribution in [0.3, 0.4) is 0 Å². The zero-order valence-electron chi connectivity index (χ0n) is 11.0. The fourth-order valence-electron chi connectivity index (χ4n) is 2.19. The summed E-state index contributed by atoms with van der Waals surface area (Å²) >= 11 is 0. The van der Waals surface area contributed by atoms with Crippen molar-refractivity contribution in [2.24, 2.45) is 0 Å². The molecule has 2 N–H and O–H groups in total. The van der Waals surface area contributed by atoms with Crippen molar-refractivity contribution in [3.8, 4) is 11.4 Å². The smallest absolute Gasteiger partial charge is 0.269 e. The van der Waals surface area contributed by atoms with Gasteiger partial charge in [-0.2, -0.15) is 5.10 Å². The lowest BCUT2D eigenvalue weighted by molar-refractivity contribution is 0.0853. The Kier molecular flexibility index (Phi) is 3.73. The summed E-state index contributed by atoms with van der Waals surface area (Å²) in [6.45, 7) is 1.32. The summed E-state index contributed by atoms with van der Waals surface area (Å²) in [6, 6.07) is 7.27. The average molecular weight is 272 g/mol. The molecule has 1 atom stereocenters. The molecule has 104 valence electrons. The van der Waals surface area contributed by atoms with Gasteiger partial charge in [0.15, 0.2) is 0 Å². The number of hydrogen-bond donors (Lipinski definition) is 2. The van der Waals surface area contributed by atoms with Crippen LogP contribution in [0.15, 0.2) is 30.5 Å². The zero-order chi connectivity index (χ0) is 13.8. The first-order chi connectivity index (χ1) is 9.83. The molecule has 1 fully saturated rings. The number of hydrogen-bond acceptors (Lipinski definition) is 4. The molecule has 0 aliphatic carbocycles. The molecule has 2 aromatic rings. The Morgan fingerprint density at radius 2 is 2.40 bits per heavy atom. The fraction of sp³-hybridized carbons (Fsp3) is 0.357. The number of pyridine rings is 1. The second-order valence-electron chi connectivity index (χ2n) is 4.73. The van der Waals surface area contributed by atoms with Crippen molar-refractivity contribution in [2.45, 2.75) is 18.9 Å². The maximum atomic E-state index is 12.0. The van der Waals surface area contributed by atoms with Crippen LogP contribution in [-0.4, -0.2) is 40.3 Å². The van der Waals surface area contributed by atoms with E-state index in [1.165, 1.54) is 0 Å². The van der Waals surface area contributed by atoms with Crippen molar-refractivity contribution >= 4 is 5.91 Å². The fourth-order valence-corrected chi connectivity index (χ4v) is 2.19. The molecule has 20 heavy (non-hydrogen) atoms. The van der Waals surface area contributed by atoms with Crippen LogP contribution in [0.25, 0.3) is 11.4 Å². The second-order valence-corrected chi connectivity index (χ2v) is 4.73. The molecule has 1 amide bonds. The number of carbonyl (C=O) groups excluding carboxylic acids is 1. The molecule has 6 heteroatoms. The lowest BCUT2D eigenvalue weighted by Gasteiger charge is -2.09. The molecule has 3 rings (SSSR count). The van der Waals surface area contributed by atoms with Crippen LogP contribution in [0.2, 0.25) is 0 Å². The molecular formula is C14H16N4O2. The molecule has 0 saturated carbocycles. The van der Waals surface area contributed by atoms with Crippen LogP contribution in [0.5, 0.6) is 0 Å². The molecule has 0 radical (unpaired) electrons. The van der Waals surface area contributed by atoms with E-state index in [0.29, 0.717) is 17.9 Å². The summed E-state index contributed by atoms with van der Waals surface area (Å²) in [5, 5.41) is 9.69. The van der Waals surface area contributed by atoms with Crippen molar-refractivity contribution in [1.82, 2.24) is 20.5 Å². The number of aromatic nitrogens is 3. The topological polar surface area (TPSA) is 79.9 Å². The van der Waals surface area contributed by atoms with E-state index in [2.05, 4.69) is 20.5 Å². The maximum Gasteiger partial charge on any atom is 0.269 e. The van der Waals surface area contributed by atoms with Gasteiger partial charge in [-0.1, -0.05) is 6.07 Å². The van der Waals surface area contributed by atoms with Crippen molar-refractivity contribution in [3.05, 3.63) is 36.2 Å². The quantitative estimate of drug-likeness (QED) is 0.881. The van der Waals surface area contributed by atoms with Gasteiger partial charge in [0.1, 0.15) is 11.4 Å². The van der Waals surface area contributed by atoms with Gasteiger partial charge in [0.25, 0.3) is 5.91 Å². The summed E-state index contributed by atoms with van der Waals surface area (Å²) in [7, 11) is 0. The second kappa shape index (κ2) is 5.83. The first-order valence-corrected chi connectivity index (χ1v) is 6.69. The average Bonchev–Trinajstić information content (AvgIpc) is 3.17. The molecule has 1 saturated heterocycles. The summed E-state index contributed by atoms with van der Waals surface area (Å²) in [4.78, 5) is 16.2. The summed E-state index contributed by atoms with van der Waals surface area (Å²) in [5.41, 5.74) is 1.83. The van der Waals surface area contributed by atoms with Gasteiger partial charge in [-0.3, -0.25) is 14.9 Å². The van der Waals surface area contributed by atoms with Crippen molar-refractivity contribution in [3.63, 3.8) is 0 Å². The monoisotopic (exact) mass is 272 g/mol. The van der Waals surface area contributed by atoms with Gasteiger partial charge in [-0.05, 0) is 31.0 Å². The van der Waals surface area contributed by atoms with E-state index in [0.717, 1.165) is 25.1 Å². The van der Waals surface area contributed by atoms with E-state index in [1.807, 2.05) is 18.2 Å². The number of nitrogens with zero attached hydrogens (tertiary/aromatic N) is 2.